The van der Waals surface area contributed by atoms with E-state index in [4.69, 9.17) is 4.74 Å². The number of hydrogen-bond acceptors (Lipinski definition) is 3. The highest BCUT2D eigenvalue weighted by molar-refractivity contribution is 5.87. The molecule has 16 heavy (non-hydrogen) atoms. The SMILES string of the molecule is COC(=O)C12CC1c1cccc(F)c1CN2. The zero-order chi connectivity index (χ0) is 11.3. The third-order valence-corrected chi connectivity index (χ3v) is 3.62. The van der Waals surface area contributed by atoms with Crippen molar-refractivity contribution in [3.63, 3.8) is 0 Å². The standard InChI is InChI=1S/C12H12FNO2/c1-16-11(15)12-5-9(12)7-3-2-4-10(13)8(7)6-14-12/h2-4,9,14H,5-6H2,1H3. The summed E-state index contributed by atoms with van der Waals surface area (Å²) in [5.41, 5.74) is 1.05. The number of carbonyl (C=O) groups is 1. The molecule has 3 rings (SSSR count). The van der Waals surface area contributed by atoms with Gasteiger partial charge in [-0.15, -0.1) is 0 Å². The van der Waals surface area contributed by atoms with Gasteiger partial charge in [0.25, 0.3) is 0 Å². The first-order valence-corrected chi connectivity index (χ1v) is 5.30. The number of ether oxygens (including phenoxy) is 1. The predicted octanol–water partition coefficient (Wildman–Crippen LogP) is 1.33. The van der Waals surface area contributed by atoms with E-state index < -0.39 is 5.54 Å². The van der Waals surface area contributed by atoms with Crippen LogP contribution < -0.4 is 5.32 Å². The van der Waals surface area contributed by atoms with Crippen molar-refractivity contribution >= 4 is 5.97 Å². The molecular formula is C12H12FNO2. The van der Waals surface area contributed by atoms with Gasteiger partial charge in [-0.1, -0.05) is 12.1 Å². The number of carbonyl (C=O) groups excluding carboxylic acids is 1. The molecule has 2 atom stereocenters. The second-order valence-corrected chi connectivity index (χ2v) is 4.38. The lowest BCUT2D eigenvalue weighted by Crippen LogP contribution is -2.44. The lowest BCUT2D eigenvalue weighted by atomic mass is 9.95. The third kappa shape index (κ3) is 1.08. The van der Waals surface area contributed by atoms with Gasteiger partial charge in [0.2, 0.25) is 0 Å². The molecule has 3 nitrogen and oxygen atoms in total. The lowest BCUT2D eigenvalue weighted by molar-refractivity contribution is -0.144. The Hall–Kier alpha value is -1.42. The number of methoxy groups -OCH3 is 1. The molecule has 0 amide bonds. The van der Waals surface area contributed by atoms with Crippen LogP contribution in [0, 0.1) is 5.82 Å². The van der Waals surface area contributed by atoms with Gasteiger partial charge in [0.15, 0.2) is 0 Å². The first-order chi connectivity index (χ1) is 7.69. The molecule has 84 valence electrons. The molecule has 0 radical (unpaired) electrons. The van der Waals surface area contributed by atoms with Gasteiger partial charge in [0, 0.05) is 18.0 Å². The molecule has 1 saturated carbocycles. The van der Waals surface area contributed by atoms with Crippen LogP contribution in [-0.2, 0) is 16.1 Å². The van der Waals surface area contributed by atoms with Crippen molar-refractivity contribution in [1.29, 1.82) is 0 Å². The van der Waals surface area contributed by atoms with Crippen molar-refractivity contribution < 1.29 is 13.9 Å². The van der Waals surface area contributed by atoms with E-state index in [9.17, 15) is 9.18 Å². The fraction of sp³-hybridized carbons (Fsp3) is 0.417. The summed E-state index contributed by atoms with van der Waals surface area (Å²) in [6.45, 7) is 0.396. The molecule has 1 aromatic carbocycles. The molecule has 0 aromatic heterocycles. The van der Waals surface area contributed by atoms with Crippen molar-refractivity contribution in [3.8, 4) is 0 Å². The smallest absolute Gasteiger partial charge is 0.326 e. The molecule has 1 heterocycles. The average molecular weight is 221 g/mol. The quantitative estimate of drug-likeness (QED) is 0.727. The highest BCUT2D eigenvalue weighted by Crippen LogP contribution is 2.55. The zero-order valence-electron chi connectivity index (χ0n) is 8.92. The van der Waals surface area contributed by atoms with Crippen LogP contribution in [0.4, 0.5) is 4.39 Å². The number of benzene rings is 1. The third-order valence-electron chi connectivity index (χ3n) is 3.62. The first-order valence-electron chi connectivity index (χ1n) is 5.30. The zero-order valence-corrected chi connectivity index (χ0v) is 8.92. The van der Waals surface area contributed by atoms with Crippen molar-refractivity contribution in [2.45, 2.75) is 24.4 Å². The summed E-state index contributed by atoms with van der Waals surface area (Å²) in [6.07, 6.45) is 0.704. The highest BCUT2D eigenvalue weighted by atomic mass is 19.1. The van der Waals surface area contributed by atoms with Gasteiger partial charge in [-0.2, -0.15) is 0 Å². The summed E-state index contributed by atoms with van der Waals surface area (Å²) < 4.78 is 18.3. The number of halogens is 1. The lowest BCUT2D eigenvalue weighted by Gasteiger charge is -2.24. The van der Waals surface area contributed by atoms with Crippen LogP contribution >= 0.6 is 0 Å². The van der Waals surface area contributed by atoms with Crippen molar-refractivity contribution in [2.24, 2.45) is 0 Å². The van der Waals surface area contributed by atoms with E-state index in [-0.39, 0.29) is 17.7 Å². The van der Waals surface area contributed by atoms with Crippen molar-refractivity contribution in [2.75, 3.05) is 7.11 Å². The normalized spacial score (nSPS) is 30.2. The molecule has 0 saturated heterocycles. The first kappa shape index (κ1) is 9.78. The van der Waals surface area contributed by atoms with Crippen LogP contribution in [0.25, 0.3) is 0 Å². The number of fused-ring (bicyclic) bond motifs is 3. The summed E-state index contributed by atoms with van der Waals surface area (Å²) in [6, 6.07) is 5.04. The van der Waals surface area contributed by atoms with Gasteiger partial charge < -0.3 is 4.74 Å². The minimum Gasteiger partial charge on any atom is -0.468 e. The van der Waals surface area contributed by atoms with Crippen LogP contribution in [-0.4, -0.2) is 18.6 Å². The molecule has 1 aliphatic heterocycles. The predicted molar refractivity (Wildman–Crippen MR) is 55.3 cm³/mol. The molecule has 0 bridgehead atoms. The van der Waals surface area contributed by atoms with Gasteiger partial charge in [-0.05, 0) is 18.1 Å². The van der Waals surface area contributed by atoms with Crippen LogP contribution in [0.3, 0.4) is 0 Å². The Morgan fingerprint density at radius 3 is 3.19 bits per heavy atom. The summed E-state index contributed by atoms with van der Waals surface area (Å²) in [7, 11) is 1.38. The average Bonchev–Trinajstić information content (AvgIpc) is 3.04. The van der Waals surface area contributed by atoms with E-state index in [0.29, 0.717) is 18.5 Å². The summed E-state index contributed by atoms with van der Waals surface area (Å²) in [5.74, 6) is -0.373. The monoisotopic (exact) mass is 221 g/mol. The van der Waals surface area contributed by atoms with E-state index in [2.05, 4.69) is 5.32 Å². The Morgan fingerprint density at radius 2 is 2.44 bits per heavy atom. The minimum atomic E-state index is -0.588. The number of nitrogens with one attached hydrogen (secondary N) is 1. The van der Waals surface area contributed by atoms with Crippen LogP contribution in [0.2, 0.25) is 0 Å². The van der Waals surface area contributed by atoms with E-state index >= 15 is 0 Å². The highest BCUT2D eigenvalue weighted by Gasteiger charge is 2.63. The van der Waals surface area contributed by atoms with Gasteiger partial charge >= 0.3 is 5.97 Å². The molecule has 1 N–H and O–H groups in total. The molecule has 0 spiro atoms. The number of hydrogen-bond donors (Lipinski definition) is 1. The van der Waals surface area contributed by atoms with Gasteiger partial charge in [-0.25, -0.2) is 4.39 Å². The maximum Gasteiger partial charge on any atom is 0.326 e. The van der Waals surface area contributed by atoms with Crippen molar-refractivity contribution in [1.82, 2.24) is 5.32 Å². The fourth-order valence-electron chi connectivity index (χ4n) is 2.65. The van der Waals surface area contributed by atoms with Crippen LogP contribution in [0.15, 0.2) is 18.2 Å². The van der Waals surface area contributed by atoms with E-state index in [1.807, 2.05) is 6.07 Å². The topological polar surface area (TPSA) is 38.3 Å². The minimum absolute atomic E-state index is 0.0689. The number of esters is 1. The number of rotatable bonds is 1. The summed E-state index contributed by atoms with van der Waals surface area (Å²) in [4.78, 5) is 11.6. The second kappa shape index (κ2) is 3.04. The molecular weight excluding hydrogens is 209 g/mol. The van der Waals surface area contributed by atoms with Crippen molar-refractivity contribution in [3.05, 3.63) is 35.1 Å². The molecule has 1 aromatic rings. The van der Waals surface area contributed by atoms with Crippen LogP contribution in [0.5, 0.6) is 0 Å². The van der Waals surface area contributed by atoms with E-state index in [0.717, 1.165) is 5.56 Å². The fourth-order valence-corrected chi connectivity index (χ4v) is 2.65. The maximum atomic E-state index is 13.5. The maximum absolute atomic E-state index is 13.5. The van der Waals surface area contributed by atoms with E-state index in [1.165, 1.54) is 13.2 Å². The van der Waals surface area contributed by atoms with Crippen LogP contribution in [0.1, 0.15) is 23.5 Å². The Bertz CT molecular complexity index is 474. The summed E-state index contributed by atoms with van der Waals surface area (Å²) in [5, 5.41) is 3.10. The summed E-state index contributed by atoms with van der Waals surface area (Å²) >= 11 is 0. The largest absolute Gasteiger partial charge is 0.468 e. The Morgan fingerprint density at radius 1 is 1.62 bits per heavy atom. The molecule has 2 unspecified atom stereocenters. The molecule has 2 aliphatic rings. The Kier molecular flexibility index (Phi) is 1.86. The molecule has 4 heteroatoms. The Labute approximate surface area is 92.6 Å². The molecule has 1 aliphatic carbocycles. The Balaban J connectivity index is 2.02. The molecule has 1 fully saturated rings. The van der Waals surface area contributed by atoms with E-state index in [1.54, 1.807) is 6.07 Å². The second-order valence-electron chi connectivity index (χ2n) is 4.38. The van der Waals surface area contributed by atoms with Gasteiger partial charge in [0.05, 0.1) is 7.11 Å². The van der Waals surface area contributed by atoms with Gasteiger partial charge in [-0.3, -0.25) is 10.1 Å². The van der Waals surface area contributed by atoms with Gasteiger partial charge in [0.1, 0.15) is 11.4 Å².